The summed E-state index contributed by atoms with van der Waals surface area (Å²) in [6.07, 6.45) is 2.59. The molecular weight excluding hydrogens is 220 g/mol. The van der Waals surface area contributed by atoms with E-state index in [4.69, 9.17) is 11.6 Å². The lowest BCUT2D eigenvalue weighted by molar-refractivity contribution is 0.361. The van der Waals surface area contributed by atoms with E-state index in [-0.39, 0.29) is 0 Å². The summed E-state index contributed by atoms with van der Waals surface area (Å²) in [5, 5.41) is 0. The molecule has 1 aliphatic rings. The van der Waals surface area contributed by atoms with Crippen molar-refractivity contribution in [2.45, 2.75) is 38.6 Å². The van der Waals surface area contributed by atoms with Crippen molar-refractivity contribution in [1.29, 1.82) is 0 Å². The zero-order chi connectivity index (χ0) is 11.5. The van der Waals surface area contributed by atoms with Gasteiger partial charge in [-0.15, -0.1) is 11.6 Å². The average molecular weight is 239 g/mol. The molecule has 0 amide bonds. The number of hydrogen-bond acceptors (Lipinski definition) is 2. The van der Waals surface area contributed by atoms with Crippen LogP contribution in [0.4, 0.5) is 5.82 Å². The molecule has 3 heteroatoms. The van der Waals surface area contributed by atoms with Gasteiger partial charge in [0.25, 0.3) is 0 Å². The maximum absolute atomic E-state index is 5.82. The highest BCUT2D eigenvalue weighted by Gasteiger charge is 2.25. The van der Waals surface area contributed by atoms with Crippen LogP contribution in [0.2, 0.25) is 0 Å². The number of piperidine rings is 1. The quantitative estimate of drug-likeness (QED) is 0.734. The standard InChI is InChI=1S/C13H19ClN2/c1-10-5-4-8-16(11(10)2)13-7-3-6-12(9-14)15-13/h3,6-7,10-11H,4-5,8-9H2,1-2H3. The van der Waals surface area contributed by atoms with Crippen LogP contribution < -0.4 is 4.90 Å². The maximum Gasteiger partial charge on any atom is 0.129 e. The molecule has 1 saturated heterocycles. The fourth-order valence-electron chi connectivity index (χ4n) is 2.36. The topological polar surface area (TPSA) is 16.1 Å². The number of alkyl halides is 1. The van der Waals surface area contributed by atoms with Crippen LogP contribution in [-0.2, 0) is 5.88 Å². The first-order chi connectivity index (χ1) is 7.72. The van der Waals surface area contributed by atoms with E-state index < -0.39 is 0 Å². The van der Waals surface area contributed by atoms with E-state index in [9.17, 15) is 0 Å². The van der Waals surface area contributed by atoms with Crippen molar-refractivity contribution in [2.24, 2.45) is 5.92 Å². The fourth-order valence-corrected chi connectivity index (χ4v) is 2.51. The van der Waals surface area contributed by atoms with Crippen molar-refractivity contribution in [3.63, 3.8) is 0 Å². The van der Waals surface area contributed by atoms with E-state index in [1.165, 1.54) is 12.8 Å². The highest BCUT2D eigenvalue weighted by molar-refractivity contribution is 6.16. The van der Waals surface area contributed by atoms with E-state index in [0.29, 0.717) is 11.9 Å². The number of anilines is 1. The third-order valence-electron chi connectivity index (χ3n) is 3.60. The molecule has 0 N–H and O–H groups in total. The van der Waals surface area contributed by atoms with Gasteiger partial charge in [0.2, 0.25) is 0 Å². The fraction of sp³-hybridized carbons (Fsp3) is 0.615. The number of hydrogen-bond donors (Lipinski definition) is 0. The Morgan fingerprint density at radius 2 is 2.25 bits per heavy atom. The van der Waals surface area contributed by atoms with Gasteiger partial charge in [0, 0.05) is 12.6 Å². The van der Waals surface area contributed by atoms with Crippen LogP contribution in [0.5, 0.6) is 0 Å². The molecule has 0 aliphatic carbocycles. The largest absolute Gasteiger partial charge is 0.354 e. The Labute approximate surface area is 103 Å². The van der Waals surface area contributed by atoms with Crippen LogP contribution in [0.1, 0.15) is 32.4 Å². The number of aromatic nitrogens is 1. The van der Waals surface area contributed by atoms with Crippen molar-refractivity contribution < 1.29 is 0 Å². The predicted molar refractivity (Wildman–Crippen MR) is 69.0 cm³/mol. The molecule has 88 valence electrons. The summed E-state index contributed by atoms with van der Waals surface area (Å²) in [5.41, 5.74) is 0.963. The zero-order valence-electron chi connectivity index (χ0n) is 9.99. The third kappa shape index (κ3) is 2.32. The summed E-state index contributed by atoms with van der Waals surface area (Å²) < 4.78 is 0. The van der Waals surface area contributed by atoms with Crippen LogP contribution in [0, 0.1) is 5.92 Å². The number of rotatable bonds is 2. The summed E-state index contributed by atoms with van der Waals surface area (Å²) in [4.78, 5) is 7.00. The SMILES string of the molecule is CC1CCCN(c2cccc(CCl)n2)C1C. The Morgan fingerprint density at radius 3 is 3.00 bits per heavy atom. The van der Waals surface area contributed by atoms with Crippen LogP contribution in [0.3, 0.4) is 0 Å². The molecule has 1 fully saturated rings. The van der Waals surface area contributed by atoms with Gasteiger partial charge in [0.05, 0.1) is 11.6 Å². The Bertz CT molecular complexity index is 354. The Hall–Kier alpha value is -0.760. The summed E-state index contributed by atoms with van der Waals surface area (Å²) in [7, 11) is 0. The van der Waals surface area contributed by atoms with Crippen LogP contribution >= 0.6 is 11.6 Å². The molecule has 2 heterocycles. The Kier molecular flexibility index (Phi) is 3.70. The first-order valence-electron chi connectivity index (χ1n) is 6.01. The highest BCUT2D eigenvalue weighted by atomic mass is 35.5. The molecule has 0 radical (unpaired) electrons. The predicted octanol–water partition coefficient (Wildman–Crippen LogP) is 3.45. The summed E-state index contributed by atoms with van der Waals surface area (Å²) in [6, 6.07) is 6.69. The average Bonchev–Trinajstić information content (AvgIpc) is 2.33. The minimum atomic E-state index is 0.492. The number of nitrogens with zero attached hydrogens (tertiary/aromatic N) is 2. The van der Waals surface area contributed by atoms with Gasteiger partial charge in [-0.25, -0.2) is 4.98 Å². The Balaban J connectivity index is 2.21. The van der Waals surface area contributed by atoms with E-state index in [0.717, 1.165) is 24.0 Å². The molecule has 1 aromatic heterocycles. The van der Waals surface area contributed by atoms with Crippen molar-refractivity contribution in [2.75, 3.05) is 11.4 Å². The number of pyridine rings is 1. The zero-order valence-corrected chi connectivity index (χ0v) is 10.7. The van der Waals surface area contributed by atoms with Gasteiger partial charge in [-0.1, -0.05) is 13.0 Å². The molecule has 2 atom stereocenters. The smallest absolute Gasteiger partial charge is 0.129 e. The maximum atomic E-state index is 5.82. The minimum absolute atomic E-state index is 0.492. The highest BCUT2D eigenvalue weighted by Crippen LogP contribution is 2.27. The second-order valence-corrected chi connectivity index (χ2v) is 4.94. The van der Waals surface area contributed by atoms with E-state index >= 15 is 0 Å². The molecule has 1 aromatic rings. The lowest BCUT2D eigenvalue weighted by Gasteiger charge is -2.38. The van der Waals surface area contributed by atoms with Crippen molar-refractivity contribution in [1.82, 2.24) is 4.98 Å². The molecule has 16 heavy (non-hydrogen) atoms. The van der Waals surface area contributed by atoms with Crippen molar-refractivity contribution in [3.05, 3.63) is 23.9 Å². The molecule has 2 nitrogen and oxygen atoms in total. The van der Waals surface area contributed by atoms with Gasteiger partial charge in [0.15, 0.2) is 0 Å². The lowest BCUT2D eigenvalue weighted by atomic mass is 9.92. The molecular formula is C13H19ClN2. The van der Waals surface area contributed by atoms with Crippen LogP contribution in [-0.4, -0.2) is 17.6 Å². The summed E-state index contributed by atoms with van der Waals surface area (Å²) >= 11 is 5.82. The first-order valence-corrected chi connectivity index (χ1v) is 6.54. The van der Waals surface area contributed by atoms with Gasteiger partial charge >= 0.3 is 0 Å². The third-order valence-corrected chi connectivity index (χ3v) is 3.87. The molecule has 0 bridgehead atoms. The molecule has 2 rings (SSSR count). The van der Waals surface area contributed by atoms with E-state index in [1.807, 2.05) is 12.1 Å². The normalized spacial score (nSPS) is 25.8. The lowest BCUT2D eigenvalue weighted by Crippen LogP contribution is -2.42. The van der Waals surface area contributed by atoms with Crippen molar-refractivity contribution >= 4 is 17.4 Å². The molecule has 2 unspecified atom stereocenters. The van der Waals surface area contributed by atoms with Gasteiger partial charge < -0.3 is 4.90 Å². The molecule has 0 saturated carbocycles. The van der Waals surface area contributed by atoms with Crippen molar-refractivity contribution in [3.8, 4) is 0 Å². The molecule has 0 aromatic carbocycles. The van der Waals surface area contributed by atoms with Gasteiger partial charge in [-0.3, -0.25) is 0 Å². The van der Waals surface area contributed by atoms with Crippen LogP contribution in [0.25, 0.3) is 0 Å². The molecule has 0 spiro atoms. The second kappa shape index (κ2) is 5.05. The van der Waals surface area contributed by atoms with Crippen LogP contribution in [0.15, 0.2) is 18.2 Å². The number of halogens is 1. The summed E-state index contributed by atoms with van der Waals surface area (Å²) in [5.74, 6) is 2.32. The van der Waals surface area contributed by atoms with Gasteiger partial charge in [-0.05, 0) is 37.8 Å². The monoisotopic (exact) mass is 238 g/mol. The second-order valence-electron chi connectivity index (χ2n) is 4.67. The first kappa shape index (κ1) is 11.7. The molecule has 1 aliphatic heterocycles. The minimum Gasteiger partial charge on any atom is -0.354 e. The van der Waals surface area contributed by atoms with E-state index in [1.54, 1.807) is 0 Å². The summed E-state index contributed by atoms with van der Waals surface area (Å²) in [6.45, 7) is 5.73. The Morgan fingerprint density at radius 1 is 1.44 bits per heavy atom. The van der Waals surface area contributed by atoms with Gasteiger partial charge in [0.1, 0.15) is 5.82 Å². The van der Waals surface area contributed by atoms with E-state index in [2.05, 4.69) is 29.8 Å². The van der Waals surface area contributed by atoms with Gasteiger partial charge in [-0.2, -0.15) is 0 Å².